The first kappa shape index (κ1) is 10.6. The van der Waals surface area contributed by atoms with E-state index in [-0.39, 0.29) is 11.7 Å². The first-order valence-electron chi connectivity index (χ1n) is 4.73. The van der Waals surface area contributed by atoms with Crippen molar-refractivity contribution in [3.8, 4) is 5.75 Å². The molecule has 0 saturated carbocycles. The maximum Gasteiger partial charge on any atom is 0.221 e. The number of carbonyl (C=O) groups excluding carboxylic acids is 1. The lowest BCUT2D eigenvalue weighted by Crippen LogP contribution is -2.08. The molecule has 0 heterocycles. The van der Waals surface area contributed by atoms with E-state index >= 15 is 0 Å². The first-order chi connectivity index (χ1) is 6.65. The van der Waals surface area contributed by atoms with Crippen molar-refractivity contribution >= 4 is 11.6 Å². The Kier molecular flexibility index (Phi) is 3.51. The molecular weight excluding hydrogens is 178 g/mol. The van der Waals surface area contributed by atoms with E-state index in [0.717, 1.165) is 18.4 Å². The lowest BCUT2D eigenvalue weighted by Gasteiger charge is -2.10. The molecule has 3 nitrogen and oxygen atoms in total. The smallest absolute Gasteiger partial charge is 0.221 e. The van der Waals surface area contributed by atoms with E-state index in [0.29, 0.717) is 5.69 Å². The van der Waals surface area contributed by atoms with E-state index in [4.69, 9.17) is 0 Å². The van der Waals surface area contributed by atoms with Gasteiger partial charge in [0, 0.05) is 6.92 Å². The van der Waals surface area contributed by atoms with Crippen molar-refractivity contribution in [3.63, 3.8) is 0 Å². The number of nitrogens with one attached hydrogen (secondary N) is 1. The molecule has 0 aliphatic heterocycles. The number of carbonyl (C=O) groups is 1. The van der Waals surface area contributed by atoms with Crippen LogP contribution in [0.5, 0.6) is 5.75 Å². The van der Waals surface area contributed by atoms with Crippen molar-refractivity contribution in [1.82, 2.24) is 0 Å². The average Bonchev–Trinajstić information content (AvgIpc) is 2.11. The third-order valence-corrected chi connectivity index (χ3v) is 1.95. The molecule has 0 unspecified atom stereocenters. The summed E-state index contributed by atoms with van der Waals surface area (Å²) in [5.41, 5.74) is 1.52. The van der Waals surface area contributed by atoms with Crippen LogP contribution in [-0.4, -0.2) is 11.0 Å². The van der Waals surface area contributed by atoms with E-state index in [2.05, 4.69) is 12.2 Å². The van der Waals surface area contributed by atoms with Gasteiger partial charge >= 0.3 is 0 Å². The molecule has 0 aromatic heterocycles. The Morgan fingerprint density at radius 1 is 1.50 bits per heavy atom. The van der Waals surface area contributed by atoms with Gasteiger partial charge in [-0.15, -0.1) is 0 Å². The summed E-state index contributed by atoms with van der Waals surface area (Å²) in [6, 6.07) is 5.27. The highest BCUT2D eigenvalue weighted by Gasteiger charge is 2.07. The molecule has 1 rings (SSSR count). The second kappa shape index (κ2) is 4.65. The fourth-order valence-corrected chi connectivity index (χ4v) is 1.38. The zero-order valence-electron chi connectivity index (χ0n) is 8.50. The van der Waals surface area contributed by atoms with Gasteiger partial charge in [-0.25, -0.2) is 0 Å². The molecule has 3 heteroatoms. The number of amides is 1. The summed E-state index contributed by atoms with van der Waals surface area (Å²) in [4.78, 5) is 10.9. The zero-order chi connectivity index (χ0) is 10.6. The number of para-hydroxylation sites is 1. The van der Waals surface area contributed by atoms with Gasteiger partial charge in [0.1, 0.15) is 5.75 Å². The third-order valence-electron chi connectivity index (χ3n) is 1.95. The summed E-state index contributed by atoms with van der Waals surface area (Å²) in [5.74, 6) is -0.0324. The maximum absolute atomic E-state index is 10.9. The quantitative estimate of drug-likeness (QED) is 0.724. The van der Waals surface area contributed by atoms with Gasteiger partial charge in [-0.1, -0.05) is 25.5 Å². The number of benzene rings is 1. The SMILES string of the molecule is CCCc1cccc(O)c1NC(C)=O. The highest BCUT2D eigenvalue weighted by atomic mass is 16.3. The Balaban J connectivity index is 3.02. The van der Waals surface area contributed by atoms with Gasteiger partial charge in [-0.2, -0.15) is 0 Å². The molecule has 1 aromatic carbocycles. The number of phenols is 1. The summed E-state index contributed by atoms with van der Waals surface area (Å²) in [5, 5.41) is 12.2. The molecule has 14 heavy (non-hydrogen) atoms. The van der Waals surface area contributed by atoms with Crippen molar-refractivity contribution in [2.45, 2.75) is 26.7 Å². The second-order valence-corrected chi connectivity index (χ2v) is 3.24. The standard InChI is InChI=1S/C11H15NO2/c1-3-5-9-6-4-7-10(14)11(9)12-8(2)13/h4,6-7,14H,3,5H2,1-2H3,(H,12,13). The highest BCUT2D eigenvalue weighted by molar-refractivity contribution is 5.91. The molecule has 76 valence electrons. The Morgan fingerprint density at radius 3 is 2.79 bits per heavy atom. The zero-order valence-corrected chi connectivity index (χ0v) is 8.50. The van der Waals surface area contributed by atoms with Crippen molar-refractivity contribution in [3.05, 3.63) is 23.8 Å². The summed E-state index contributed by atoms with van der Waals surface area (Å²) in [6.45, 7) is 3.49. The van der Waals surface area contributed by atoms with Gasteiger partial charge < -0.3 is 10.4 Å². The van der Waals surface area contributed by atoms with E-state index in [1.807, 2.05) is 6.07 Å². The molecular formula is C11H15NO2. The van der Waals surface area contributed by atoms with Crippen LogP contribution in [0.4, 0.5) is 5.69 Å². The van der Waals surface area contributed by atoms with Gasteiger partial charge in [0.05, 0.1) is 5.69 Å². The molecule has 1 amide bonds. The number of hydrogen-bond acceptors (Lipinski definition) is 2. The third kappa shape index (κ3) is 2.49. The lowest BCUT2D eigenvalue weighted by atomic mass is 10.1. The number of aryl methyl sites for hydroxylation is 1. The van der Waals surface area contributed by atoms with E-state index < -0.39 is 0 Å². The summed E-state index contributed by atoms with van der Waals surface area (Å²) in [7, 11) is 0. The monoisotopic (exact) mass is 193 g/mol. The minimum Gasteiger partial charge on any atom is -0.506 e. The van der Waals surface area contributed by atoms with Crippen LogP contribution in [0, 0.1) is 0 Å². The summed E-state index contributed by atoms with van der Waals surface area (Å²) in [6.07, 6.45) is 1.83. The molecule has 0 fully saturated rings. The van der Waals surface area contributed by atoms with Crippen molar-refractivity contribution in [2.24, 2.45) is 0 Å². The molecule has 0 aliphatic rings. The number of anilines is 1. The van der Waals surface area contributed by atoms with Crippen LogP contribution in [0.2, 0.25) is 0 Å². The van der Waals surface area contributed by atoms with E-state index in [1.165, 1.54) is 6.92 Å². The Hall–Kier alpha value is -1.51. The minimum atomic E-state index is -0.163. The molecule has 0 radical (unpaired) electrons. The molecule has 0 spiro atoms. The van der Waals surface area contributed by atoms with Gasteiger partial charge in [0.15, 0.2) is 0 Å². The topological polar surface area (TPSA) is 49.3 Å². The minimum absolute atomic E-state index is 0.131. The van der Waals surface area contributed by atoms with Crippen molar-refractivity contribution in [1.29, 1.82) is 0 Å². The number of phenolic OH excluding ortho intramolecular Hbond substituents is 1. The fourth-order valence-electron chi connectivity index (χ4n) is 1.38. The summed E-state index contributed by atoms with van der Waals surface area (Å²) >= 11 is 0. The fraction of sp³-hybridized carbons (Fsp3) is 0.364. The molecule has 2 N–H and O–H groups in total. The van der Waals surface area contributed by atoms with Crippen LogP contribution < -0.4 is 5.32 Å². The number of rotatable bonds is 3. The second-order valence-electron chi connectivity index (χ2n) is 3.24. The molecule has 1 aromatic rings. The first-order valence-corrected chi connectivity index (χ1v) is 4.73. The lowest BCUT2D eigenvalue weighted by molar-refractivity contribution is -0.114. The molecule has 0 atom stereocenters. The van der Waals surface area contributed by atoms with Crippen molar-refractivity contribution < 1.29 is 9.90 Å². The highest BCUT2D eigenvalue weighted by Crippen LogP contribution is 2.27. The van der Waals surface area contributed by atoms with Gasteiger partial charge in [-0.05, 0) is 18.1 Å². The largest absolute Gasteiger partial charge is 0.506 e. The van der Waals surface area contributed by atoms with Crippen LogP contribution in [0.3, 0.4) is 0 Å². The van der Waals surface area contributed by atoms with Crippen LogP contribution in [0.15, 0.2) is 18.2 Å². The normalized spacial score (nSPS) is 9.86. The van der Waals surface area contributed by atoms with Crippen LogP contribution >= 0.6 is 0 Å². The van der Waals surface area contributed by atoms with Crippen LogP contribution in [0.25, 0.3) is 0 Å². The van der Waals surface area contributed by atoms with E-state index in [9.17, 15) is 9.90 Å². The maximum atomic E-state index is 10.9. The molecule has 0 saturated heterocycles. The Bertz CT molecular complexity index is 334. The molecule has 0 aliphatic carbocycles. The number of hydrogen-bond donors (Lipinski definition) is 2. The van der Waals surface area contributed by atoms with E-state index in [1.54, 1.807) is 12.1 Å². The van der Waals surface area contributed by atoms with Gasteiger partial charge in [0.2, 0.25) is 5.91 Å². The average molecular weight is 193 g/mol. The molecule has 0 bridgehead atoms. The predicted octanol–water partition coefficient (Wildman–Crippen LogP) is 2.30. The van der Waals surface area contributed by atoms with Crippen molar-refractivity contribution in [2.75, 3.05) is 5.32 Å². The summed E-state index contributed by atoms with van der Waals surface area (Å²) < 4.78 is 0. The van der Waals surface area contributed by atoms with Gasteiger partial charge in [0.25, 0.3) is 0 Å². The van der Waals surface area contributed by atoms with Crippen LogP contribution in [0.1, 0.15) is 25.8 Å². The Labute approximate surface area is 83.8 Å². The van der Waals surface area contributed by atoms with Crippen LogP contribution in [-0.2, 0) is 11.2 Å². The Morgan fingerprint density at radius 2 is 2.21 bits per heavy atom. The number of aromatic hydroxyl groups is 1. The van der Waals surface area contributed by atoms with Gasteiger partial charge in [-0.3, -0.25) is 4.79 Å². The predicted molar refractivity (Wildman–Crippen MR) is 56.4 cm³/mol.